The van der Waals surface area contributed by atoms with Gasteiger partial charge in [0.25, 0.3) is 0 Å². The normalized spacial score (nSPS) is 10.2. The Kier molecular flexibility index (Phi) is 10.6. The Bertz CT molecular complexity index is 1230. The molecule has 10 heteroatoms. The molecule has 3 rings (SSSR count). The van der Waals surface area contributed by atoms with Gasteiger partial charge in [0, 0.05) is 0 Å². The molecule has 0 aliphatic carbocycles. The first-order valence-corrected chi connectivity index (χ1v) is 14.9. The van der Waals surface area contributed by atoms with E-state index in [0.29, 0.717) is 34.5 Å². The monoisotopic (exact) mass is 652 g/mol. The van der Waals surface area contributed by atoms with Crippen LogP contribution in [0.4, 0.5) is 0 Å². The zero-order valence-electron chi connectivity index (χ0n) is 22.2. The minimum absolute atomic E-state index is 0.276. The van der Waals surface area contributed by atoms with Gasteiger partial charge in [-0.05, 0) is 0 Å². The van der Waals surface area contributed by atoms with Crippen LogP contribution in [-0.2, 0) is 14.4 Å². The van der Waals surface area contributed by atoms with Crippen molar-refractivity contribution in [2.75, 3.05) is 0 Å². The van der Waals surface area contributed by atoms with Crippen molar-refractivity contribution in [3.8, 4) is 34.5 Å². The van der Waals surface area contributed by atoms with E-state index in [1.54, 1.807) is 93.6 Å². The Morgan fingerprint density at radius 3 is 0.850 bits per heavy atom. The molecule has 0 aliphatic rings. The molecule has 0 amide bonds. The van der Waals surface area contributed by atoms with E-state index in [2.05, 4.69) is 19.7 Å². The van der Waals surface area contributed by atoms with Crippen molar-refractivity contribution in [3.63, 3.8) is 0 Å². The van der Waals surface area contributed by atoms with Gasteiger partial charge in [-0.1, -0.05) is 0 Å². The number of ether oxygens (including phenoxy) is 3. The van der Waals surface area contributed by atoms with Crippen LogP contribution in [0, 0.1) is 0 Å². The fourth-order valence-corrected chi connectivity index (χ4v) is 5.44. The fraction of sp³-hybridized carbons (Fsp3) is 0.100. The van der Waals surface area contributed by atoms with Gasteiger partial charge in [-0.25, -0.2) is 0 Å². The summed E-state index contributed by atoms with van der Waals surface area (Å²) in [7, 11) is 0. The summed E-state index contributed by atoms with van der Waals surface area (Å²) in [4.78, 5) is 35.3. The topological polar surface area (TPSA) is 107 Å². The van der Waals surface area contributed by atoms with Crippen molar-refractivity contribution in [2.24, 2.45) is 0 Å². The molecule has 0 atom stereocenters. The minimum atomic E-state index is -3.50. The molecule has 0 N–H and O–H groups in total. The number of carbonyl (C=O) groups excluding carboxylic acids is 3. The summed E-state index contributed by atoms with van der Waals surface area (Å²) in [6.07, 6.45) is 0. The van der Waals surface area contributed by atoms with E-state index in [1.807, 2.05) is 0 Å². The number of hydrogen-bond acceptors (Lipinski definition) is 9. The van der Waals surface area contributed by atoms with Gasteiger partial charge in [0.2, 0.25) is 0 Å². The molecule has 0 saturated heterocycles. The first-order chi connectivity index (χ1) is 19.0. The Morgan fingerprint density at radius 1 is 0.450 bits per heavy atom. The molecule has 3 aromatic rings. The molecule has 0 bridgehead atoms. The first-order valence-electron chi connectivity index (χ1n) is 11.8. The van der Waals surface area contributed by atoms with Crippen LogP contribution in [-0.4, -0.2) is 39.4 Å². The standard InChI is InChI=1S/3C10H10O3.Sb/c3*1-7(2)10(12)13-9-5-3-8(11)4-6-9;/h3*3-6,11H,1H2,2H3;/q;;;+3/p-3. The molecule has 206 valence electrons. The third-order valence-corrected chi connectivity index (χ3v) is 7.77. The van der Waals surface area contributed by atoms with Gasteiger partial charge >= 0.3 is 242 Å². The van der Waals surface area contributed by atoms with Crippen LogP contribution < -0.4 is 23.3 Å². The first kappa shape index (κ1) is 30.1. The van der Waals surface area contributed by atoms with Crippen LogP contribution in [0.25, 0.3) is 0 Å². The van der Waals surface area contributed by atoms with Gasteiger partial charge in [0.05, 0.1) is 0 Å². The van der Waals surface area contributed by atoms with Crippen LogP contribution >= 0.6 is 0 Å². The van der Waals surface area contributed by atoms with Gasteiger partial charge in [-0.15, -0.1) is 0 Å². The predicted octanol–water partition coefficient (Wildman–Crippen LogP) is 5.65. The number of hydrogen-bond donors (Lipinski definition) is 0. The van der Waals surface area contributed by atoms with Crippen molar-refractivity contribution >= 4 is 39.4 Å². The van der Waals surface area contributed by atoms with Crippen molar-refractivity contribution in [3.05, 3.63) is 109 Å². The van der Waals surface area contributed by atoms with Crippen molar-refractivity contribution < 1.29 is 37.6 Å². The van der Waals surface area contributed by atoms with Gasteiger partial charge in [0.1, 0.15) is 0 Å². The van der Waals surface area contributed by atoms with Crippen molar-refractivity contribution in [2.45, 2.75) is 20.8 Å². The van der Waals surface area contributed by atoms with E-state index in [4.69, 9.17) is 23.3 Å². The van der Waals surface area contributed by atoms with E-state index >= 15 is 0 Å². The summed E-state index contributed by atoms with van der Waals surface area (Å²) < 4.78 is 33.8. The second-order valence-corrected chi connectivity index (χ2v) is 11.3. The molecule has 0 aromatic heterocycles. The summed E-state index contributed by atoms with van der Waals surface area (Å²) >= 11 is -3.50. The second kappa shape index (κ2) is 14.1. The van der Waals surface area contributed by atoms with E-state index in [0.717, 1.165) is 0 Å². The Hall–Kier alpha value is -4.49. The summed E-state index contributed by atoms with van der Waals surface area (Å²) in [6.45, 7) is 15.3. The molecule has 0 fully saturated rings. The molecule has 9 nitrogen and oxygen atoms in total. The number of esters is 3. The summed E-state index contributed by atoms with van der Waals surface area (Å²) in [5, 5.41) is 0. The van der Waals surface area contributed by atoms with Gasteiger partial charge < -0.3 is 0 Å². The average Bonchev–Trinajstić information content (AvgIpc) is 2.91. The fourth-order valence-electron chi connectivity index (χ4n) is 2.60. The summed E-state index contributed by atoms with van der Waals surface area (Å²) in [6, 6.07) is 19.1. The van der Waals surface area contributed by atoms with E-state index in [-0.39, 0.29) is 16.7 Å². The maximum absolute atomic E-state index is 11.8. The van der Waals surface area contributed by atoms with Crippen LogP contribution in [0.5, 0.6) is 34.5 Å². The number of carbonyl (C=O) groups is 3. The van der Waals surface area contributed by atoms with Crippen molar-refractivity contribution in [1.29, 1.82) is 0 Å². The Morgan fingerprint density at radius 2 is 0.650 bits per heavy atom. The molecule has 0 radical (unpaired) electrons. The summed E-state index contributed by atoms with van der Waals surface area (Å²) in [5.41, 5.74) is 0.827. The van der Waals surface area contributed by atoms with E-state index in [9.17, 15) is 14.4 Å². The molecule has 0 saturated carbocycles. The number of benzene rings is 3. The molecule has 0 spiro atoms. The zero-order valence-corrected chi connectivity index (χ0v) is 24.7. The SMILES string of the molecule is C=C(C)C(=O)Oc1ccc([O][Sb]([O]c2ccc(OC(=O)C(=C)C)cc2)[O]c2ccc(OC(=O)C(=C)C)cc2)cc1. The molecule has 0 aliphatic heterocycles. The van der Waals surface area contributed by atoms with E-state index in [1.165, 1.54) is 0 Å². The third kappa shape index (κ3) is 9.36. The van der Waals surface area contributed by atoms with E-state index < -0.39 is 39.4 Å². The van der Waals surface area contributed by atoms with Crippen LogP contribution in [0.2, 0.25) is 0 Å². The molecular formula is C30H27O9Sb. The molecule has 0 unspecified atom stereocenters. The van der Waals surface area contributed by atoms with Gasteiger partial charge in [-0.2, -0.15) is 0 Å². The predicted molar refractivity (Wildman–Crippen MR) is 148 cm³/mol. The molecule has 0 heterocycles. The summed E-state index contributed by atoms with van der Waals surface area (Å²) in [5.74, 6) is 0.647. The number of rotatable bonds is 12. The van der Waals surface area contributed by atoms with Crippen molar-refractivity contribution in [1.82, 2.24) is 0 Å². The molecule has 3 aromatic carbocycles. The molecular weight excluding hydrogens is 626 g/mol. The van der Waals surface area contributed by atoms with Crippen LogP contribution in [0.3, 0.4) is 0 Å². The third-order valence-electron chi connectivity index (χ3n) is 4.69. The second-order valence-electron chi connectivity index (χ2n) is 8.42. The Balaban J connectivity index is 1.76. The van der Waals surface area contributed by atoms with Crippen LogP contribution in [0.15, 0.2) is 109 Å². The van der Waals surface area contributed by atoms with Gasteiger partial charge in [0.15, 0.2) is 0 Å². The maximum atomic E-state index is 11.8. The zero-order chi connectivity index (χ0) is 29.2. The quantitative estimate of drug-likeness (QED) is 0.106. The van der Waals surface area contributed by atoms with Crippen LogP contribution in [0.1, 0.15) is 20.8 Å². The molecule has 40 heavy (non-hydrogen) atoms. The van der Waals surface area contributed by atoms with Gasteiger partial charge in [-0.3, -0.25) is 0 Å². The average molecular weight is 653 g/mol. The Labute approximate surface area is 240 Å².